The first-order valence-corrected chi connectivity index (χ1v) is 8.15. The lowest BCUT2D eigenvalue weighted by Gasteiger charge is -2.08. The molecule has 0 bridgehead atoms. The van der Waals surface area contributed by atoms with Gasteiger partial charge in [0.15, 0.2) is 0 Å². The summed E-state index contributed by atoms with van der Waals surface area (Å²) < 4.78 is 26.8. The maximum absolute atomic E-state index is 12.5. The highest BCUT2D eigenvalue weighted by Crippen LogP contribution is 2.43. The van der Waals surface area contributed by atoms with Crippen molar-refractivity contribution in [3.05, 3.63) is 29.8 Å². The zero-order valence-corrected chi connectivity index (χ0v) is 11.5. The van der Waals surface area contributed by atoms with Gasteiger partial charge in [0.25, 0.3) is 0 Å². The Hall–Kier alpha value is -0.870. The molecule has 0 spiro atoms. The summed E-state index contributed by atoms with van der Waals surface area (Å²) in [5.41, 5.74) is 1.09. The van der Waals surface area contributed by atoms with Crippen molar-refractivity contribution in [1.82, 2.24) is 4.31 Å². The van der Waals surface area contributed by atoms with Crippen LogP contribution in [0.1, 0.15) is 37.7 Å². The number of aryl methyl sites for hydroxylation is 1. The van der Waals surface area contributed by atoms with Crippen molar-refractivity contribution in [2.75, 3.05) is 0 Å². The Bertz CT molecular complexity index is 523. The van der Waals surface area contributed by atoms with Crippen LogP contribution in [0.3, 0.4) is 0 Å². The number of hydrogen-bond acceptors (Lipinski definition) is 2. The average molecular weight is 265 g/mol. The third-order valence-electron chi connectivity index (χ3n) is 4.10. The lowest BCUT2D eigenvalue weighted by atomic mass is 10.2. The highest BCUT2D eigenvalue weighted by molar-refractivity contribution is 7.89. The Labute approximate surface area is 109 Å². The van der Waals surface area contributed by atoms with E-state index in [1.807, 2.05) is 19.1 Å². The molecule has 2 fully saturated rings. The number of hydrogen-bond donors (Lipinski definition) is 0. The second-order valence-corrected chi connectivity index (χ2v) is 7.26. The van der Waals surface area contributed by atoms with E-state index >= 15 is 0 Å². The minimum Gasteiger partial charge on any atom is -0.207 e. The molecular formula is C14H19NO2S. The second kappa shape index (κ2) is 4.35. The summed E-state index contributed by atoms with van der Waals surface area (Å²) in [5.74, 6) is 0. The van der Waals surface area contributed by atoms with Crippen LogP contribution in [0.15, 0.2) is 29.2 Å². The Kier molecular flexibility index (Phi) is 2.94. The molecule has 0 N–H and O–H groups in total. The van der Waals surface area contributed by atoms with E-state index in [1.54, 1.807) is 16.4 Å². The van der Waals surface area contributed by atoms with Gasteiger partial charge in [-0.3, -0.25) is 0 Å². The lowest BCUT2D eigenvalue weighted by molar-refractivity contribution is 0.516. The SMILES string of the molecule is Cc1ccc(S(=O)(=O)N2[C@@H]3CCCCC[C@@H]32)cc1. The van der Waals surface area contributed by atoms with Crippen molar-refractivity contribution in [1.29, 1.82) is 0 Å². The summed E-state index contributed by atoms with van der Waals surface area (Å²) in [7, 11) is -3.25. The summed E-state index contributed by atoms with van der Waals surface area (Å²) in [6, 6.07) is 7.74. The maximum Gasteiger partial charge on any atom is 0.243 e. The first-order chi connectivity index (χ1) is 8.60. The molecule has 1 aliphatic carbocycles. The molecule has 3 atom stereocenters. The lowest BCUT2D eigenvalue weighted by Crippen LogP contribution is -2.16. The number of rotatable bonds is 2. The Morgan fingerprint density at radius 2 is 1.56 bits per heavy atom. The van der Waals surface area contributed by atoms with Crippen molar-refractivity contribution in [3.63, 3.8) is 0 Å². The third-order valence-corrected chi connectivity index (χ3v) is 6.07. The highest BCUT2D eigenvalue weighted by Gasteiger charge is 2.54. The number of nitrogens with zero attached hydrogens (tertiary/aromatic N) is 1. The molecule has 0 amide bonds. The van der Waals surface area contributed by atoms with E-state index in [0.717, 1.165) is 18.4 Å². The second-order valence-electron chi connectivity index (χ2n) is 5.42. The largest absolute Gasteiger partial charge is 0.243 e. The van der Waals surface area contributed by atoms with E-state index in [-0.39, 0.29) is 12.1 Å². The summed E-state index contributed by atoms with van der Waals surface area (Å²) in [4.78, 5) is 0.446. The molecule has 1 unspecified atom stereocenters. The minimum atomic E-state index is -3.25. The molecule has 0 aromatic heterocycles. The Morgan fingerprint density at radius 3 is 2.11 bits per heavy atom. The van der Waals surface area contributed by atoms with Gasteiger partial charge in [0.1, 0.15) is 0 Å². The zero-order valence-electron chi connectivity index (χ0n) is 10.7. The van der Waals surface area contributed by atoms with E-state index < -0.39 is 10.0 Å². The summed E-state index contributed by atoms with van der Waals surface area (Å²) in [5, 5.41) is 0. The van der Waals surface area contributed by atoms with Crippen LogP contribution >= 0.6 is 0 Å². The number of benzene rings is 1. The molecule has 1 saturated carbocycles. The van der Waals surface area contributed by atoms with Crippen LogP contribution in [0.5, 0.6) is 0 Å². The molecule has 1 heterocycles. The average Bonchev–Trinajstić information content (AvgIpc) is 3.04. The van der Waals surface area contributed by atoms with E-state index in [2.05, 4.69) is 0 Å². The molecule has 1 aliphatic heterocycles. The van der Waals surface area contributed by atoms with Gasteiger partial charge < -0.3 is 0 Å². The van der Waals surface area contributed by atoms with Crippen molar-refractivity contribution >= 4 is 10.0 Å². The van der Waals surface area contributed by atoms with Crippen molar-refractivity contribution in [3.8, 4) is 0 Å². The van der Waals surface area contributed by atoms with Crippen molar-refractivity contribution in [2.45, 2.75) is 56.0 Å². The van der Waals surface area contributed by atoms with Crippen LogP contribution in [-0.2, 0) is 10.0 Å². The quantitative estimate of drug-likeness (QED) is 0.771. The third kappa shape index (κ3) is 1.97. The van der Waals surface area contributed by atoms with Crippen molar-refractivity contribution < 1.29 is 8.42 Å². The molecule has 4 heteroatoms. The van der Waals surface area contributed by atoms with Gasteiger partial charge >= 0.3 is 0 Å². The molecule has 98 valence electrons. The molecule has 1 saturated heterocycles. The molecule has 1 aromatic rings. The number of fused-ring (bicyclic) bond motifs is 1. The fraction of sp³-hybridized carbons (Fsp3) is 0.571. The summed E-state index contributed by atoms with van der Waals surface area (Å²) in [6.45, 7) is 1.97. The van der Waals surface area contributed by atoms with E-state index in [1.165, 1.54) is 19.3 Å². The highest BCUT2D eigenvalue weighted by atomic mass is 32.2. The van der Waals surface area contributed by atoms with Gasteiger partial charge in [0.05, 0.1) is 4.90 Å². The molecule has 18 heavy (non-hydrogen) atoms. The Morgan fingerprint density at radius 1 is 1.00 bits per heavy atom. The van der Waals surface area contributed by atoms with Crippen LogP contribution < -0.4 is 0 Å². The van der Waals surface area contributed by atoms with Crippen LogP contribution in [0.4, 0.5) is 0 Å². The van der Waals surface area contributed by atoms with Crippen LogP contribution in [0.25, 0.3) is 0 Å². The number of sulfonamides is 1. The predicted molar refractivity (Wildman–Crippen MR) is 70.9 cm³/mol. The normalized spacial score (nSPS) is 31.5. The molecule has 1 aromatic carbocycles. The van der Waals surface area contributed by atoms with Gasteiger partial charge in [0, 0.05) is 12.1 Å². The first-order valence-electron chi connectivity index (χ1n) is 6.71. The topological polar surface area (TPSA) is 37.1 Å². The fourth-order valence-corrected chi connectivity index (χ4v) is 4.89. The van der Waals surface area contributed by atoms with Crippen LogP contribution in [0, 0.1) is 6.92 Å². The van der Waals surface area contributed by atoms with E-state index in [0.29, 0.717) is 4.90 Å². The van der Waals surface area contributed by atoms with Crippen LogP contribution in [0.2, 0.25) is 0 Å². The zero-order chi connectivity index (χ0) is 12.8. The van der Waals surface area contributed by atoms with Gasteiger partial charge in [-0.25, -0.2) is 8.42 Å². The molecule has 3 nitrogen and oxygen atoms in total. The smallest absolute Gasteiger partial charge is 0.207 e. The van der Waals surface area contributed by atoms with Gasteiger partial charge in [0.2, 0.25) is 10.0 Å². The summed E-state index contributed by atoms with van der Waals surface area (Å²) in [6.07, 6.45) is 5.67. The van der Waals surface area contributed by atoms with Gasteiger partial charge in [-0.1, -0.05) is 37.0 Å². The summed E-state index contributed by atoms with van der Waals surface area (Å²) >= 11 is 0. The monoisotopic (exact) mass is 265 g/mol. The molecule has 0 radical (unpaired) electrons. The van der Waals surface area contributed by atoms with Gasteiger partial charge in [-0.15, -0.1) is 0 Å². The molecule has 3 rings (SSSR count). The van der Waals surface area contributed by atoms with Crippen LogP contribution in [-0.4, -0.2) is 24.8 Å². The van der Waals surface area contributed by atoms with E-state index in [4.69, 9.17) is 0 Å². The predicted octanol–water partition coefficient (Wildman–Crippen LogP) is 2.70. The minimum absolute atomic E-state index is 0.277. The van der Waals surface area contributed by atoms with E-state index in [9.17, 15) is 8.42 Å². The standard InChI is InChI=1S/C14H19NO2S/c1-11-7-9-12(10-8-11)18(16,17)15-13-5-3-2-4-6-14(13)15/h7-10,13-14H,2-6H2,1H3/t13-,14+,15?. The first kappa shape index (κ1) is 12.2. The maximum atomic E-state index is 12.5. The molecular weight excluding hydrogens is 246 g/mol. The Balaban J connectivity index is 1.86. The van der Waals surface area contributed by atoms with Crippen molar-refractivity contribution in [2.24, 2.45) is 0 Å². The molecule has 2 aliphatic rings. The van der Waals surface area contributed by atoms with Gasteiger partial charge in [-0.2, -0.15) is 4.31 Å². The van der Waals surface area contributed by atoms with Gasteiger partial charge in [-0.05, 0) is 31.9 Å². The fourth-order valence-electron chi connectivity index (χ4n) is 3.02.